The van der Waals surface area contributed by atoms with Gasteiger partial charge in [0.2, 0.25) is 0 Å². The Morgan fingerprint density at radius 2 is 2.14 bits per heavy atom. The summed E-state index contributed by atoms with van der Waals surface area (Å²) in [4.78, 5) is 4.74. The number of ether oxygens (including phenoxy) is 1. The molecule has 0 saturated carbocycles. The predicted molar refractivity (Wildman–Crippen MR) is 105 cm³/mol. The standard InChI is InChI=1S/C21H20FN5O/c22-16-10-15-6-7-17(21-26-25-19-5-1-2-9-27(19)21)24-20(15)18(11-16)28-13-14-4-3-8-23-12-14/h1-2,5-7,9-11,14,23H,3-4,8,12-13H2. The lowest BCUT2D eigenvalue weighted by Gasteiger charge is -2.23. The Bertz CT molecular complexity index is 1140. The minimum Gasteiger partial charge on any atom is -0.491 e. The highest BCUT2D eigenvalue weighted by atomic mass is 19.1. The molecule has 1 N–H and O–H groups in total. The number of hydrogen-bond acceptors (Lipinski definition) is 5. The van der Waals surface area contributed by atoms with E-state index in [4.69, 9.17) is 9.72 Å². The van der Waals surface area contributed by atoms with Gasteiger partial charge in [0.1, 0.15) is 22.8 Å². The van der Waals surface area contributed by atoms with Crippen molar-refractivity contribution in [1.82, 2.24) is 24.9 Å². The zero-order valence-corrected chi connectivity index (χ0v) is 15.3. The van der Waals surface area contributed by atoms with Crippen LogP contribution in [-0.4, -0.2) is 39.3 Å². The first-order valence-corrected chi connectivity index (χ1v) is 9.52. The van der Waals surface area contributed by atoms with E-state index in [-0.39, 0.29) is 5.82 Å². The van der Waals surface area contributed by atoms with Gasteiger partial charge in [-0.25, -0.2) is 9.37 Å². The van der Waals surface area contributed by atoms with E-state index in [1.807, 2.05) is 40.9 Å². The van der Waals surface area contributed by atoms with Gasteiger partial charge in [-0.3, -0.25) is 4.40 Å². The van der Waals surface area contributed by atoms with Crippen molar-refractivity contribution in [2.45, 2.75) is 12.8 Å². The lowest BCUT2D eigenvalue weighted by molar-refractivity contribution is 0.219. The first-order chi connectivity index (χ1) is 13.8. The Hall–Kier alpha value is -3.06. The molecule has 1 saturated heterocycles. The molecule has 4 heterocycles. The number of fused-ring (bicyclic) bond motifs is 2. The van der Waals surface area contributed by atoms with E-state index in [0.717, 1.165) is 31.6 Å². The lowest BCUT2D eigenvalue weighted by Crippen LogP contribution is -2.33. The maximum atomic E-state index is 14.1. The highest BCUT2D eigenvalue weighted by molar-refractivity contribution is 5.86. The molecule has 7 heteroatoms. The Morgan fingerprint density at radius 1 is 1.18 bits per heavy atom. The average molecular weight is 377 g/mol. The van der Waals surface area contributed by atoms with Crippen LogP contribution in [0.5, 0.6) is 5.75 Å². The third-order valence-corrected chi connectivity index (χ3v) is 5.14. The molecule has 0 aliphatic carbocycles. The molecule has 4 aromatic rings. The highest BCUT2D eigenvalue weighted by Gasteiger charge is 2.16. The van der Waals surface area contributed by atoms with Crippen molar-refractivity contribution in [3.63, 3.8) is 0 Å². The molecule has 142 valence electrons. The number of aromatic nitrogens is 4. The van der Waals surface area contributed by atoms with Gasteiger partial charge in [-0.2, -0.15) is 0 Å². The number of benzene rings is 1. The van der Waals surface area contributed by atoms with Crippen LogP contribution in [0.2, 0.25) is 0 Å². The molecule has 0 bridgehead atoms. The van der Waals surface area contributed by atoms with Crippen molar-refractivity contribution in [3.8, 4) is 17.3 Å². The molecule has 6 nitrogen and oxygen atoms in total. The van der Waals surface area contributed by atoms with Gasteiger partial charge in [-0.05, 0) is 43.7 Å². The van der Waals surface area contributed by atoms with Crippen LogP contribution in [0, 0.1) is 11.7 Å². The Morgan fingerprint density at radius 3 is 3.04 bits per heavy atom. The summed E-state index contributed by atoms with van der Waals surface area (Å²) in [5.41, 5.74) is 2.05. The van der Waals surface area contributed by atoms with Crippen molar-refractivity contribution < 1.29 is 9.13 Å². The maximum Gasteiger partial charge on any atom is 0.187 e. The van der Waals surface area contributed by atoms with Gasteiger partial charge in [0.25, 0.3) is 0 Å². The zero-order chi connectivity index (χ0) is 18.9. The monoisotopic (exact) mass is 377 g/mol. The molecule has 0 spiro atoms. The molecule has 1 aliphatic rings. The van der Waals surface area contributed by atoms with Crippen molar-refractivity contribution in [2.75, 3.05) is 19.7 Å². The number of hydrogen-bond donors (Lipinski definition) is 1. The van der Waals surface area contributed by atoms with E-state index in [2.05, 4.69) is 15.5 Å². The van der Waals surface area contributed by atoms with Gasteiger partial charge in [0, 0.05) is 30.1 Å². The second-order valence-corrected chi connectivity index (χ2v) is 7.15. The quantitative estimate of drug-likeness (QED) is 0.590. The van der Waals surface area contributed by atoms with Gasteiger partial charge in [-0.1, -0.05) is 12.1 Å². The van der Waals surface area contributed by atoms with E-state index in [1.54, 1.807) is 0 Å². The van der Waals surface area contributed by atoms with Crippen LogP contribution in [0.15, 0.2) is 48.7 Å². The molecular weight excluding hydrogens is 357 g/mol. The molecule has 0 radical (unpaired) electrons. The fraction of sp³-hybridized carbons (Fsp3) is 0.286. The van der Waals surface area contributed by atoms with Gasteiger partial charge in [0.15, 0.2) is 11.5 Å². The lowest BCUT2D eigenvalue weighted by atomic mass is 10.0. The van der Waals surface area contributed by atoms with Gasteiger partial charge in [0.05, 0.1) is 6.61 Å². The second-order valence-electron chi connectivity index (χ2n) is 7.15. The largest absolute Gasteiger partial charge is 0.491 e. The summed E-state index contributed by atoms with van der Waals surface area (Å²) in [6.45, 7) is 2.53. The fourth-order valence-corrected chi connectivity index (χ4v) is 3.69. The molecule has 1 atom stereocenters. The third-order valence-electron chi connectivity index (χ3n) is 5.14. The van der Waals surface area contributed by atoms with Gasteiger partial charge >= 0.3 is 0 Å². The van der Waals surface area contributed by atoms with Crippen LogP contribution in [0.4, 0.5) is 4.39 Å². The SMILES string of the molecule is Fc1cc(OCC2CCCNC2)c2nc(-c3nnc4ccccn34)ccc2c1. The van der Waals surface area contributed by atoms with E-state index < -0.39 is 0 Å². The van der Waals surface area contributed by atoms with Crippen LogP contribution in [-0.2, 0) is 0 Å². The number of piperidine rings is 1. The Balaban J connectivity index is 1.53. The number of pyridine rings is 2. The minimum absolute atomic E-state index is 0.327. The van der Waals surface area contributed by atoms with Crippen molar-refractivity contribution >= 4 is 16.6 Å². The average Bonchev–Trinajstić information content (AvgIpc) is 3.16. The van der Waals surface area contributed by atoms with E-state index in [0.29, 0.717) is 40.7 Å². The molecule has 5 rings (SSSR count). The third kappa shape index (κ3) is 3.18. The number of halogens is 1. The van der Waals surface area contributed by atoms with Crippen molar-refractivity contribution in [1.29, 1.82) is 0 Å². The summed E-state index contributed by atoms with van der Waals surface area (Å²) in [6.07, 6.45) is 4.15. The first kappa shape index (κ1) is 17.1. The van der Waals surface area contributed by atoms with Crippen LogP contribution >= 0.6 is 0 Å². The van der Waals surface area contributed by atoms with Gasteiger partial charge < -0.3 is 10.1 Å². The normalized spacial score (nSPS) is 17.2. The summed E-state index contributed by atoms with van der Waals surface area (Å²) >= 11 is 0. The zero-order valence-electron chi connectivity index (χ0n) is 15.3. The molecule has 0 amide bonds. The summed E-state index contributed by atoms with van der Waals surface area (Å²) < 4.78 is 22.0. The summed E-state index contributed by atoms with van der Waals surface area (Å²) in [5.74, 6) is 1.21. The fourth-order valence-electron chi connectivity index (χ4n) is 3.69. The molecule has 3 aromatic heterocycles. The number of nitrogens with one attached hydrogen (secondary N) is 1. The van der Waals surface area contributed by atoms with Crippen LogP contribution in [0.3, 0.4) is 0 Å². The van der Waals surface area contributed by atoms with Crippen molar-refractivity contribution in [2.24, 2.45) is 5.92 Å². The molecule has 1 fully saturated rings. The Labute approximate surface area is 161 Å². The second kappa shape index (κ2) is 7.16. The van der Waals surface area contributed by atoms with Gasteiger partial charge in [-0.15, -0.1) is 10.2 Å². The minimum atomic E-state index is -0.327. The van der Waals surface area contributed by atoms with E-state index in [1.165, 1.54) is 12.1 Å². The van der Waals surface area contributed by atoms with Crippen LogP contribution in [0.1, 0.15) is 12.8 Å². The first-order valence-electron chi connectivity index (χ1n) is 9.52. The Kier molecular flexibility index (Phi) is 4.37. The molecule has 28 heavy (non-hydrogen) atoms. The molecule has 1 unspecified atom stereocenters. The highest BCUT2D eigenvalue weighted by Crippen LogP contribution is 2.29. The number of rotatable bonds is 4. The molecular formula is C21H20FN5O. The number of nitrogens with zero attached hydrogens (tertiary/aromatic N) is 4. The smallest absolute Gasteiger partial charge is 0.187 e. The van der Waals surface area contributed by atoms with Crippen molar-refractivity contribution in [3.05, 3.63) is 54.5 Å². The van der Waals surface area contributed by atoms with E-state index >= 15 is 0 Å². The van der Waals surface area contributed by atoms with Crippen LogP contribution in [0.25, 0.3) is 28.1 Å². The molecule has 1 aliphatic heterocycles. The maximum absolute atomic E-state index is 14.1. The van der Waals surface area contributed by atoms with E-state index in [9.17, 15) is 4.39 Å². The predicted octanol–water partition coefficient (Wildman–Crippen LogP) is 3.46. The topological polar surface area (TPSA) is 64.3 Å². The summed E-state index contributed by atoms with van der Waals surface area (Å²) in [6, 6.07) is 12.3. The molecule has 1 aromatic carbocycles. The summed E-state index contributed by atoms with van der Waals surface area (Å²) in [5, 5.41) is 12.5. The van der Waals surface area contributed by atoms with Crippen LogP contribution < -0.4 is 10.1 Å². The summed E-state index contributed by atoms with van der Waals surface area (Å²) in [7, 11) is 0.